The van der Waals surface area contributed by atoms with E-state index in [4.69, 9.17) is 18.9 Å². The lowest BCUT2D eigenvalue weighted by Gasteiger charge is -2.18. The monoisotopic (exact) mass is 474 g/mol. The molecule has 0 N–H and O–H groups in total. The molecule has 0 radical (unpaired) electrons. The normalized spacial score (nSPS) is 12.0. The Hall–Kier alpha value is -1.46. The van der Waals surface area contributed by atoms with Gasteiger partial charge in [-0.15, -0.1) is 13.2 Å². The number of benzene rings is 1. The zero-order chi connectivity index (χ0) is 24.4. The predicted octanol–water partition coefficient (Wildman–Crippen LogP) is 7.67. The Balaban J connectivity index is 2.13. The molecule has 0 aliphatic carbocycles. The molecule has 1 atom stereocenters. The molecule has 1 aromatic carbocycles. The van der Waals surface area contributed by atoms with Crippen molar-refractivity contribution in [1.29, 1.82) is 0 Å². The average molecular weight is 475 g/mol. The molecule has 0 saturated heterocycles. The molecule has 0 aliphatic heterocycles. The van der Waals surface area contributed by atoms with Crippen molar-refractivity contribution in [3.63, 3.8) is 0 Å². The van der Waals surface area contributed by atoms with Crippen LogP contribution in [-0.2, 0) is 25.6 Å². The highest BCUT2D eigenvalue weighted by atomic mass is 16.6. The minimum atomic E-state index is -0.0116. The maximum absolute atomic E-state index is 6.10. The third-order valence-corrected chi connectivity index (χ3v) is 5.69. The van der Waals surface area contributed by atoms with Gasteiger partial charge in [-0.3, -0.25) is 0 Å². The zero-order valence-electron chi connectivity index (χ0n) is 21.6. The number of ether oxygens (including phenoxy) is 4. The molecular weight excluding hydrogens is 424 g/mol. The SMILES string of the molecule is C=CCCCCCCCOCC(COCCOCc1ccccc1)OCCCCCCCC=C. The van der Waals surface area contributed by atoms with Gasteiger partial charge in [0.2, 0.25) is 0 Å². The summed E-state index contributed by atoms with van der Waals surface area (Å²) in [4.78, 5) is 0. The van der Waals surface area contributed by atoms with E-state index in [2.05, 4.69) is 25.3 Å². The molecule has 34 heavy (non-hydrogen) atoms. The smallest absolute Gasteiger partial charge is 0.104 e. The summed E-state index contributed by atoms with van der Waals surface area (Å²) in [7, 11) is 0. The first-order valence-electron chi connectivity index (χ1n) is 13.5. The standard InChI is InChI=1S/C30H50O4/c1-3-5-7-9-11-13-18-22-31-27-30(34-23-19-14-12-10-8-6-4-2)28-33-25-24-32-26-29-20-16-15-17-21-29/h3-4,15-17,20-21,30H,1-2,5-14,18-19,22-28H2. The lowest BCUT2D eigenvalue weighted by Crippen LogP contribution is -2.27. The Morgan fingerprint density at radius 2 is 1.12 bits per heavy atom. The van der Waals surface area contributed by atoms with Gasteiger partial charge in [0, 0.05) is 13.2 Å². The molecule has 0 heterocycles. The van der Waals surface area contributed by atoms with Crippen molar-refractivity contribution in [3.8, 4) is 0 Å². The summed E-state index contributed by atoms with van der Waals surface area (Å²) in [5.74, 6) is 0. The van der Waals surface area contributed by atoms with Crippen molar-refractivity contribution in [3.05, 3.63) is 61.2 Å². The quantitative estimate of drug-likeness (QED) is 0.102. The molecule has 1 unspecified atom stereocenters. The fourth-order valence-corrected chi connectivity index (χ4v) is 3.65. The van der Waals surface area contributed by atoms with E-state index >= 15 is 0 Å². The number of allylic oxidation sites excluding steroid dienone is 2. The van der Waals surface area contributed by atoms with Crippen molar-refractivity contribution < 1.29 is 18.9 Å². The second-order valence-corrected chi connectivity index (χ2v) is 8.87. The molecule has 4 nitrogen and oxygen atoms in total. The lowest BCUT2D eigenvalue weighted by atomic mass is 10.1. The fraction of sp³-hybridized carbons (Fsp3) is 0.667. The molecule has 0 aromatic heterocycles. The summed E-state index contributed by atoms with van der Waals surface area (Å²) in [5.41, 5.74) is 1.18. The molecular formula is C30H50O4. The predicted molar refractivity (Wildman–Crippen MR) is 143 cm³/mol. The van der Waals surface area contributed by atoms with Crippen LogP contribution < -0.4 is 0 Å². The van der Waals surface area contributed by atoms with Gasteiger partial charge in [0.25, 0.3) is 0 Å². The van der Waals surface area contributed by atoms with E-state index in [1.807, 2.05) is 30.4 Å². The van der Waals surface area contributed by atoms with Gasteiger partial charge in [0.05, 0.1) is 33.0 Å². The van der Waals surface area contributed by atoms with Crippen molar-refractivity contribution >= 4 is 0 Å². The second kappa shape index (κ2) is 24.7. The van der Waals surface area contributed by atoms with E-state index in [0.29, 0.717) is 33.0 Å². The van der Waals surface area contributed by atoms with Gasteiger partial charge in [0.1, 0.15) is 6.10 Å². The molecule has 0 bridgehead atoms. The van der Waals surface area contributed by atoms with E-state index in [9.17, 15) is 0 Å². The molecule has 0 saturated carbocycles. The zero-order valence-corrected chi connectivity index (χ0v) is 21.6. The minimum absolute atomic E-state index is 0.0116. The number of hydrogen-bond acceptors (Lipinski definition) is 4. The van der Waals surface area contributed by atoms with Gasteiger partial charge in [-0.2, -0.15) is 0 Å². The van der Waals surface area contributed by atoms with Gasteiger partial charge in [-0.25, -0.2) is 0 Å². The molecule has 0 fully saturated rings. The van der Waals surface area contributed by atoms with Gasteiger partial charge in [-0.1, -0.05) is 81.0 Å². The molecule has 0 spiro atoms. The summed E-state index contributed by atoms with van der Waals surface area (Å²) >= 11 is 0. The number of unbranched alkanes of at least 4 members (excludes halogenated alkanes) is 10. The Morgan fingerprint density at radius 1 is 0.588 bits per heavy atom. The van der Waals surface area contributed by atoms with Crippen LogP contribution in [0.4, 0.5) is 0 Å². The Labute approximate surface area is 209 Å². The first-order chi connectivity index (χ1) is 16.9. The molecule has 0 aliphatic rings. The fourth-order valence-electron chi connectivity index (χ4n) is 3.65. The van der Waals surface area contributed by atoms with Crippen molar-refractivity contribution in [2.24, 2.45) is 0 Å². The van der Waals surface area contributed by atoms with Crippen LogP contribution in [-0.4, -0.2) is 45.7 Å². The molecule has 194 valence electrons. The summed E-state index contributed by atoms with van der Waals surface area (Å²) in [6, 6.07) is 10.2. The highest BCUT2D eigenvalue weighted by Crippen LogP contribution is 2.08. The van der Waals surface area contributed by atoms with Gasteiger partial charge in [-0.05, 0) is 44.1 Å². The van der Waals surface area contributed by atoms with Crippen LogP contribution in [0.1, 0.15) is 82.6 Å². The summed E-state index contributed by atoms with van der Waals surface area (Å²) in [5, 5.41) is 0. The third kappa shape index (κ3) is 20.0. The lowest BCUT2D eigenvalue weighted by molar-refractivity contribution is -0.0688. The van der Waals surface area contributed by atoms with Gasteiger partial charge >= 0.3 is 0 Å². The van der Waals surface area contributed by atoms with E-state index in [-0.39, 0.29) is 6.10 Å². The number of hydrogen-bond donors (Lipinski definition) is 0. The van der Waals surface area contributed by atoms with Crippen LogP contribution in [0, 0.1) is 0 Å². The van der Waals surface area contributed by atoms with Crippen LogP contribution in [0.5, 0.6) is 0 Å². The highest BCUT2D eigenvalue weighted by Gasteiger charge is 2.10. The maximum Gasteiger partial charge on any atom is 0.104 e. The third-order valence-electron chi connectivity index (χ3n) is 5.69. The Kier molecular flexibility index (Phi) is 22.2. The van der Waals surface area contributed by atoms with Gasteiger partial charge < -0.3 is 18.9 Å². The average Bonchev–Trinajstić information content (AvgIpc) is 2.86. The Morgan fingerprint density at radius 3 is 1.76 bits per heavy atom. The van der Waals surface area contributed by atoms with Crippen molar-refractivity contribution in [1.82, 2.24) is 0 Å². The first kappa shape index (κ1) is 30.6. The topological polar surface area (TPSA) is 36.9 Å². The molecule has 1 aromatic rings. The van der Waals surface area contributed by atoms with Crippen LogP contribution in [0.2, 0.25) is 0 Å². The Bertz CT molecular complexity index is 560. The summed E-state index contributed by atoms with van der Waals surface area (Å²) < 4.78 is 23.6. The van der Waals surface area contributed by atoms with Crippen LogP contribution in [0.15, 0.2) is 55.6 Å². The number of rotatable bonds is 26. The summed E-state index contributed by atoms with van der Waals surface area (Å²) in [6.45, 7) is 12.0. The highest BCUT2D eigenvalue weighted by molar-refractivity contribution is 5.13. The van der Waals surface area contributed by atoms with Crippen LogP contribution >= 0.6 is 0 Å². The van der Waals surface area contributed by atoms with Crippen LogP contribution in [0.25, 0.3) is 0 Å². The van der Waals surface area contributed by atoms with Crippen molar-refractivity contribution in [2.75, 3.05) is 39.6 Å². The first-order valence-corrected chi connectivity index (χ1v) is 13.5. The maximum atomic E-state index is 6.10. The van der Waals surface area contributed by atoms with Gasteiger partial charge in [0.15, 0.2) is 0 Å². The molecule has 0 amide bonds. The molecule has 1 rings (SSSR count). The van der Waals surface area contributed by atoms with Crippen LogP contribution in [0.3, 0.4) is 0 Å². The van der Waals surface area contributed by atoms with E-state index in [1.165, 1.54) is 56.9 Å². The second-order valence-electron chi connectivity index (χ2n) is 8.87. The largest absolute Gasteiger partial charge is 0.379 e. The van der Waals surface area contributed by atoms with E-state index in [0.717, 1.165) is 38.9 Å². The van der Waals surface area contributed by atoms with E-state index < -0.39 is 0 Å². The summed E-state index contributed by atoms with van der Waals surface area (Å²) in [6.07, 6.45) is 18.5. The minimum Gasteiger partial charge on any atom is -0.379 e. The molecule has 4 heteroatoms. The van der Waals surface area contributed by atoms with Crippen molar-refractivity contribution in [2.45, 2.75) is 89.8 Å². The van der Waals surface area contributed by atoms with E-state index in [1.54, 1.807) is 0 Å².